The highest BCUT2D eigenvalue weighted by atomic mass is 19.4. The highest BCUT2D eigenvalue weighted by Gasteiger charge is 2.29. The van der Waals surface area contributed by atoms with Crippen LogP contribution in [-0.4, -0.2) is 7.11 Å². The van der Waals surface area contributed by atoms with Gasteiger partial charge in [0.25, 0.3) is 0 Å². The van der Waals surface area contributed by atoms with E-state index in [-0.39, 0.29) is 0 Å². The molecule has 112 valence electrons. The number of nitrogens with two attached hydrogens (primary N) is 1. The Bertz CT molecular complexity index is 609. The predicted molar refractivity (Wildman–Crippen MR) is 76.2 cm³/mol. The van der Waals surface area contributed by atoms with Gasteiger partial charge in [-0.15, -0.1) is 0 Å². The third-order valence-electron chi connectivity index (χ3n) is 2.94. The van der Waals surface area contributed by atoms with Gasteiger partial charge in [0.2, 0.25) is 0 Å². The van der Waals surface area contributed by atoms with Crippen LogP contribution in [0.3, 0.4) is 0 Å². The van der Waals surface area contributed by atoms with E-state index in [9.17, 15) is 13.2 Å². The molecule has 0 aliphatic heterocycles. The second-order valence-corrected chi connectivity index (χ2v) is 4.54. The van der Waals surface area contributed by atoms with Crippen molar-refractivity contribution in [3.05, 3.63) is 53.6 Å². The molecular weight excluding hydrogens is 281 g/mol. The van der Waals surface area contributed by atoms with E-state index in [2.05, 4.69) is 5.32 Å². The Morgan fingerprint density at radius 3 is 2.33 bits per heavy atom. The van der Waals surface area contributed by atoms with E-state index in [0.717, 1.165) is 23.4 Å². The zero-order valence-electron chi connectivity index (χ0n) is 11.4. The Kier molecular flexibility index (Phi) is 4.26. The fourth-order valence-electron chi connectivity index (χ4n) is 1.86. The second-order valence-electron chi connectivity index (χ2n) is 4.54. The van der Waals surface area contributed by atoms with Crippen molar-refractivity contribution in [1.82, 2.24) is 0 Å². The van der Waals surface area contributed by atoms with Crippen molar-refractivity contribution in [1.29, 1.82) is 0 Å². The first kappa shape index (κ1) is 15.0. The van der Waals surface area contributed by atoms with Crippen molar-refractivity contribution in [2.24, 2.45) is 0 Å². The van der Waals surface area contributed by atoms with Gasteiger partial charge in [-0.3, -0.25) is 0 Å². The summed E-state index contributed by atoms with van der Waals surface area (Å²) in [5.41, 5.74) is 7.10. The van der Waals surface area contributed by atoms with Gasteiger partial charge in [-0.1, -0.05) is 12.1 Å². The Hall–Kier alpha value is -2.37. The average molecular weight is 296 g/mol. The summed E-state index contributed by atoms with van der Waals surface area (Å²) in [5.74, 6) is 0.616. The molecule has 0 saturated heterocycles. The first-order chi connectivity index (χ1) is 9.88. The van der Waals surface area contributed by atoms with Crippen molar-refractivity contribution in [3.8, 4) is 5.75 Å². The lowest BCUT2D eigenvalue weighted by Gasteiger charge is -2.11. The molecule has 2 aromatic carbocycles. The maximum Gasteiger partial charge on any atom is 0.416 e. The van der Waals surface area contributed by atoms with Gasteiger partial charge >= 0.3 is 6.18 Å². The van der Waals surface area contributed by atoms with Crippen LogP contribution >= 0.6 is 0 Å². The standard InChI is InChI=1S/C15H15F3N2O/c1-21-14-7-12(19)6-13(8-14)20-9-10-2-4-11(5-3-10)15(16,17)18/h2-8,20H,9,19H2,1H3. The molecule has 6 heteroatoms. The summed E-state index contributed by atoms with van der Waals surface area (Å²) in [7, 11) is 1.54. The van der Waals surface area contributed by atoms with E-state index < -0.39 is 11.7 Å². The molecule has 0 aliphatic rings. The second kappa shape index (κ2) is 5.95. The molecule has 0 heterocycles. The van der Waals surface area contributed by atoms with Crippen molar-refractivity contribution in [2.45, 2.75) is 12.7 Å². The van der Waals surface area contributed by atoms with Crippen LogP contribution in [0.1, 0.15) is 11.1 Å². The van der Waals surface area contributed by atoms with E-state index in [1.165, 1.54) is 19.2 Å². The predicted octanol–water partition coefficient (Wildman–Crippen LogP) is 3.91. The van der Waals surface area contributed by atoms with Crippen molar-refractivity contribution in [3.63, 3.8) is 0 Å². The van der Waals surface area contributed by atoms with E-state index in [0.29, 0.717) is 18.0 Å². The lowest BCUT2D eigenvalue weighted by molar-refractivity contribution is -0.137. The van der Waals surface area contributed by atoms with Gasteiger partial charge in [0.1, 0.15) is 5.75 Å². The van der Waals surface area contributed by atoms with E-state index >= 15 is 0 Å². The number of benzene rings is 2. The van der Waals surface area contributed by atoms with Gasteiger partial charge in [-0.2, -0.15) is 13.2 Å². The highest BCUT2D eigenvalue weighted by Crippen LogP contribution is 2.29. The molecule has 0 spiro atoms. The first-order valence-corrected chi connectivity index (χ1v) is 6.23. The fraction of sp³-hybridized carbons (Fsp3) is 0.200. The van der Waals surface area contributed by atoms with E-state index in [4.69, 9.17) is 10.5 Å². The Morgan fingerprint density at radius 1 is 1.10 bits per heavy atom. The van der Waals surface area contributed by atoms with Gasteiger partial charge < -0.3 is 15.8 Å². The van der Waals surface area contributed by atoms with Crippen LogP contribution < -0.4 is 15.8 Å². The number of hydrogen-bond acceptors (Lipinski definition) is 3. The third kappa shape index (κ3) is 4.05. The lowest BCUT2D eigenvalue weighted by atomic mass is 10.1. The number of methoxy groups -OCH3 is 1. The Balaban J connectivity index is 2.05. The SMILES string of the molecule is COc1cc(N)cc(NCc2ccc(C(F)(F)F)cc2)c1. The largest absolute Gasteiger partial charge is 0.497 e. The number of hydrogen-bond donors (Lipinski definition) is 2. The highest BCUT2D eigenvalue weighted by molar-refractivity contribution is 5.59. The smallest absolute Gasteiger partial charge is 0.416 e. The van der Waals surface area contributed by atoms with Gasteiger partial charge in [-0.25, -0.2) is 0 Å². The van der Waals surface area contributed by atoms with Crippen molar-refractivity contribution >= 4 is 11.4 Å². The topological polar surface area (TPSA) is 47.3 Å². The number of ether oxygens (including phenoxy) is 1. The van der Waals surface area contributed by atoms with Gasteiger partial charge in [0, 0.05) is 30.1 Å². The third-order valence-corrected chi connectivity index (χ3v) is 2.94. The van der Waals surface area contributed by atoms with Gasteiger partial charge in [-0.05, 0) is 23.8 Å². The minimum Gasteiger partial charge on any atom is -0.497 e. The molecule has 0 bridgehead atoms. The molecule has 2 rings (SSSR count). The Labute approximate surface area is 120 Å². The molecule has 21 heavy (non-hydrogen) atoms. The summed E-state index contributed by atoms with van der Waals surface area (Å²) in [5, 5.41) is 3.09. The number of rotatable bonds is 4. The molecule has 3 N–H and O–H groups in total. The summed E-state index contributed by atoms with van der Waals surface area (Å²) >= 11 is 0. The summed E-state index contributed by atoms with van der Waals surface area (Å²) in [6.45, 7) is 0.394. The number of alkyl halides is 3. The monoisotopic (exact) mass is 296 g/mol. The molecule has 0 aromatic heterocycles. The minimum absolute atomic E-state index is 0.394. The molecule has 0 unspecified atom stereocenters. The zero-order valence-corrected chi connectivity index (χ0v) is 11.4. The first-order valence-electron chi connectivity index (χ1n) is 6.23. The normalized spacial score (nSPS) is 11.2. The molecule has 2 aromatic rings. The number of nitrogen functional groups attached to an aromatic ring is 1. The van der Waals surface area contributed by atoms with Crippen LogP contribution in [0.4, 0.5) is 24.5 Å². The molecule has 0 radical (unpaired) electrons. The summed E-state index contributed by atoms with van der Waals surface area (Å²) < 4.78 is 42.5. The van der Waals surface area contributed by atoms with Crippen LogP contribution in [0.5, 0.6) is 5.75 Å². The molecule has 0 atom stereocenters. The molecule has 0 aliphatic carbocycles. The quantitative estimate of drug-likeness (QED) is 0.841. The summed E-state index contributed by atoms with van der Waals surface area (Å²) in [6.07, 6.45) is -4.31. The van der Waals surface area contributed by atoms with Crippen LogP contribution in [0.25, 0.3) is 0 Å². The molecule has 0 fully saturated rings. The molecular formula is C15H15F3N2O. The zero-order chi connectivity index (χ0) is 15.5. The number of nitrogens with one attached hydrogen (secondary N) is 1. The molecule has 3 nitrogen and oxygen atoms in total. The Morgan fingerprint density at radius 2 is 1.76 bits per heavy atom. The van der Waals surface area contributed by atoms with Gasteiger partial charge in [0.15, 0.2) is 0 Å². The van der Waals surface area contributed by atoms with E-state index in [1.54, 1.807) is 18.2 Å². The number of anilines is 2. The minimum atomic E-state index is -4.31. The maximum absolute atomic E-state index is 12.5. The van der Waals surface area contributed by atoms with Crippen LogP contribution in [0.15, 0.2) is 42.5 Å². The van der Waals surface area contributed by atoms with Gasteiger partial charge in [0.05, 0.1) is 12.7 Å². The average Bonchev–Trinajstić information content (AvgIpc) is 2.44. The van der Waals surface area contributed by atoms with Crippen molar-refractivity contribution < 1.29 is 17.9 Å². The van der Waals surface area contributed by atoms with Crippen LogP contribution in [-0.2, 0) is 12.7 Å². The number of halogens is 3. The lowest BCUT2D eigenvalue weighted by Crippen LogP contribution is -2.05. The summed E-state index contributed by atoms with van der Waals surface area (Å²) in [6, 6.07) is 10.2. The van der Waals surface area contributed by atoms with E-state index in [1.807, 2.05) is 0 Å². The molecule has 0 amide bonds. The maximum atomic E-state index is 12.5. The fourth-order valence-corrected chi connectivity index (χ4v) is 1.86. The van der Waals surface area contributed by atoms with Crippen molar-refractivity contribution in [2.75, 3.05) is 18.2 Å². The molecule has 0 saturated carbocycles. The summed E-state index contributed by atoms with van der Waals surface area (Å²) in [4.78, 5) is 0. The van der Waals surface area contributed by atoms with Crippen LogP contribution in [0.2, 0.25) is 0 Å². The van der Waals surface area contributed by atoms with Crippen LogP contribution in [0, 0.1) is 0 Å².